The average molecular weight is 478 g/mol. The van der Waals surface area contributed by atoms with Gasteiger partial charge < -0.3 is 14.8 Å². The number of thiazole rings is 1. The van der Waals surface area contributed by atoms with Crippen LogP contribution in [0.2, 0.25) is 0 Å². The van der Waals surface area contributed by atoms with Gasteiger partial charge in [-0.05, 0) is 30.8 Å². The molecule has 6 nitrogen and oxygen atoms in total. The number of carbonyl (C=O) groups excluding carboxylic acids is 1. The van der Waals surface area contributed by atoms with Gasteiger partial charge in [-0.1, -0.05) is 19.1 Å². The Labute approximate surface area is 193 Å². The largest absolute Gasteiger partial charge is 0.486 e. The van der Waals surface area contributed by atoms with Crippen LogP contribution in [0.15, 0.2) is 47.8 Å². The van der Waals surface area contributed by atoms with Gasteiger partial charge in [-0.15, -0.1) is 11.3 Å². The predicted octanol–water partition coefficient (Wildman–Crippen LogP) is 5.06. The van der Waals surface area contributed by atoms with Gasteiger partial charge in [0.15, 0.2) is 11.5 Å². The van der Waals surface area contributed by atoms with Crippen molar-refractivity contribution in [3.8, 4) is 22.1 Å². The third kappa shape index (κ3) is 5.82. The number of likely N-dealkylation sites (N-methyl/N-ethyl adjacent to an activating group) is 1. The topological polar surface area (TPSA) is 63.7 Å². The molecule has 0 atom stereocenters. The molecule has 1 aromatic heterocycles. The molecule has 1 aliphatic rings. The summed E-state index contributed by atoms with van der Waals surface area (Å²) >= 11 is 1.36. The van der Waals surface area contributed by atoms with Crippen molar-refractivity contribution in [2.45, 2.75) is 19.6 Å². The van der Waals surface area contributed by atoms with Crippen LogP contribution in [0.3, 0.4) is 0 Å². The standard InChI is InChI=1S/C23H22F3N3O3S/c1-2-29(13-21(30)27-17-7-8-19-20(11-17)32-10-9-31-19)12-18-14-33-22(28-18)15-3-5-16(6-4-15)23(24,25)26/h3-8,11,14H,2,9-10,12-13H2,1H3,(H,27,30). The Hall–Kier alpha value is -3.11. The summed E-state index contributed by atoms with van der Waals surface area (Å²) in [6.45, 7) is 4.15. The molecule has 2 aromatic carbocycles. The number of amides is 1. The second kappa shape index (κ2) is 9.80. The lowest BCUT2D eigenvalue weighted by atomic mass is 10.1. The van der Waals surface area contributed by atoms with Crippen molar-refractivity contribution in [2.24, 2.45) is 0 Å². The molecular weight excluding hydrogens is 455 g/mol. The minimum absolute atomic E-state index is 0.165. The number of nitrogens with zero attached hydrogens (tertiary/aromatic N) is 2. The molecule has 4 rings (SSSR count). The fourth-order valence-electron chi connectivity index (χ4n) is 3.35. The van der Waals surface area contributed by atoms with E-state index in [0.29, 0.717) is 54.1 Å². The number of hydrogen-bond donors (Lipinski definition) is 1. The van der Waals surface area contributed by atoms with Crippen LogP contribution >= 0.6 is 11.3 Å². The van der Waals surface area contributed by atoms with Crippen molar-refractivity contribution >= 4 is 22.9 Å². The summed E-state index contributed by atoms with van der Waals surface area (Å²) in [5, 5.41) is 5.36. The van der Waals surface area contributed by atoms with E-state index in [0.717, 1.165) is 17.8 Å². The molecule has 0 spiro atoms. The molecule has 1 N–H and O–H groups in total. The van der Waals surface area contributed by atoms with E-state index >= 15 is 0 Å². The first kappa shape index (κ1) is 23.1. The van der Waals surface area contributed by atoms with E-state index in [2.05, 4.69) is 10.3 Å². The van der Waals surface area contributed by atoms with Gasteiger partial charge in [-0.3, -0.25) is 9.69 Å². The highest BCUT2D eigenvalue weighted by molar-refractivity contribution is 7.13. The smallest absolute Gasteiger partial charge is 0.416 e. The Bertz CT molecular complexity index is 1120. The van der Waals surface area contributed by atoms with E-state index < -0.39 is 11.7 Å². The molecule has 0 radical (unpaired) electrons. The molecule has 0 aliphatic carbocycles. The number of rotatable bonds is 7. The second-order valence-corrected chi connectivity index (χ2v) is 8.29. The van der Waals surface area contributed by atoms with Crippen molar-refractivity contribution in [1.82, 2.24) is 9.88 Å². The molecule has 0 saturated heterocycles. The van der Waals surface area contributed by atoms with Crippen LogP contribution in [0.25, 0.3) is 10.6 Å². The molecule has 0 saturated carbocycles. The second-order valence-electron chi connectivity index (χ2n) is 7.43. The highest BCUT2D eigenvalue weighted by Gasteiger charge is 2.30. The SMILES string of the molecule is CCN(CC(=O)Nc1ccc2c(c1)OCCO2)Cc1csc(-c2ccc(C(F)(F)F)cc2)n1. The van der Waals surface area contributed by atoms with Crippen molar-refractivity contribution in [3.63, 3.8) is 0 Å². The Morgan fingerprint density at radius 1 is 1.12 bits per heavy atom. The van der Waals surface area contributed by atoms with Crippen LogP contribution in [0.5, 0.6) is 11.5 Å². The highest BCUT2D eigenvalue weighted by atomic mass is 32.1. The van der Waals surface area contributed by atoms with Crippen LogP contribution < -0.4 is 14.8 Å². The number of alkyl halides is 3. The summed E-state index contributed by atoms with van der Waals surface area (Å²) in [7, 11) is 0. The Morgan fingerprint density at radius 3 is 2.55 bits per heavy atom. The molecule has 33 heavy (non-hydrogen) atoms. The number of hydrogen-bond acceptors (Lipinski definition) is 6. The van der Waals surface area contributed by atoms with Gasteiger partial charge in [-0.2, -0.15) is 13.2 Å². The minimum Gasteiger partial charge on any atom is -0.486 e. The first-order chi connectivity index (χ1) is 15.8. The molecule has 1 amide bonds. The zero-order valence-corrected chi connectivity index (χ0v) is 18.6. The summed E-state index contributed by atoms with van der Waals surface area (Å²) in [6, 6.07) is 10.2. The molecule has 0 bridgehead atoms. The summed E-state index contributed by atoms with van der Waals surface area (Å²) in [5.74, 6) is 1.08. The fourth-order valence-corrected chi connectivity index (χ4v) is 4.16. The summed E-state index contributed by atoms with van der Waals surface area (Å²) in [4.78, 5) is 19.0. The van der Waals surface area contributed by atoms with Gasteiger partial charge in [0, 0.05) is 29.2 Å². The van der Waals surface area contributed by atoms with Crippen molar-refractivity contribution in [1.29, 1.82) is 0 Å². The number of aromatic nitrogens is 1. The fraction of sp³-hybridized carbons (Fsp3) is 0.304. The van der Waals surface area contributed by atoms with Gasteiger partial charge in [-0.25, -0.2) is 4.98 Å². The minimum atomic E-state index is -4.37. The molecule has 2 heterocycles. The first-order valence-corrected chi connectivity index (χ1v) is 11.2. The van der Waals surface area contributed by atoms with Crippen LogP contribution in [-0.4, -0.2) is 42.1 Å². The van der Waals surface area contributed by atoms with Crippen LogP contribution in [-0.2, 0) is 17.5 Å². The lowest BCUT2D eigenvalue weighted by Gasteiger charge is -2.20. The summed E-state index contributed by atoms with van der Waals surface area (Å²) < 4.78 is 49.3. The molecule has 1 aliphatic heterocycles. The summed E-state index contributed by atoms with van der Waals surface area (Å²) in [6.07, 6.45) is -4.37. The molecule has 0 fully saturated rings. The molecule has 0 unspecified atom stereocenters. The van der Waals surface area contributed by atoms with E-state index in [9.17, 15) is 18.0 Å². The van der Waals surface area contributed by atoms with Crippen LogP contribution in [0.1, 0.15) is 18.2 Å². The summed E-state index contributed by atoms with van der Waals surface area (Å²) in [5.41, 5.74) is 1.31. The third-order valence-corrected chi connectivity index (χ3v) is 5.98. The zero-order valence-electron chi connectivity index (χ0n) is 17.8. The monoisotopic (exact) mass is 477 g/mol. The van der Waals surface area contributed by atoms with Crippen LogP contribution in [0, 0.1) is 0 Å². The quantitative estimate of drug-likeness (QED) is 0.515. The van der Waals surface area contributed by atoms with Gasteiger partial charge in [0.1, 0.15) is 18.2 Å². The highest BCUT2D eigenvalue weighted by Crippen LogP contribution is 2.33. The molecular formula is C23H22F3N3O3S. The van der Waals surface area contributed by atoms with Crippen molar-refractivity contribution in [3.05, 3.63) is 59.1 Å². The molecule has 3 aromatic rings. The lowest BCUT2D eigenvalue weighted by molar-refractivity contribution is -0.137. The lowest BCUT2D eigenvalue weighted by Crippen LogP contribution is -2.32. The Kier molecular flexibility index (Phi) is 6.85. The Morgan fingerprint density at radius 2 is 1.85 bits per heavy atom. The number of nitrogens with one attached hydrogen (secondary N) is 1. The first-order valence-electron chi connectivity index (χ1n) is 10.4. The van der Waals surface area contributed by atoms with Crippen LogP contribution in [0.4, 0.5) is 18.9 Å². The predicted molar refractivity (Wildman–Crippen MR) is 120 cm³/mol. The van der Waals surface area contributed by atoms with E-state index in [-0.39, 0.29) is 12.5 Å². The number of ether oxygens (including phenoxy) is 2. The number of anilines is 1. The normalized spacial score (nSPS) is 13.2. The molecule has 10 heteroatoms. The maximum absolute atomic E-state index is 12.8. The maximum Gasteiger partial charge on any atom is 0.416 e. The number of halogens is 3. The number of carbonyl (C=O) groups is 1. The van der Waals surface area contributed by atoms with E-state index in [1.165, 1.54) is 23.5 Å². The van der Waals surface area contributed by atoms with Crippen molar-refractivity contribution in [2.75, 3.05) is 31.6 Å². The zero-order chi connectivity index (χ0) is 23.4. The van der Waals surface area contributed by atoms with Gasteiger partial charge >= 0.3 is 6.18 Å². The van der Waals surface area contributed by atoms with E-state index in [4.69, 9.17) is 9.47 Å². The third-order valence-electron chi connectivity index (χ3n) is 5.04. The average Bonchev–Trinajstić information content (AvgIpc) is 3.26. The van der Waals surface area contributed by atoms with E-state index in [1.54, 1.807) is 18.2 Å². The van der Waals surface area contributed by atoms with Gasteiger partial charge in [0.05, 0.1) is 17.8 Å². The number of benzene rings is 2. The Balaban J connectivity index is 1.35. The maximum atomic E-state index is 12.8. The van der Waals surface area contributed by atoms with Gasteiger partial charge in [0.2, 0.25) is 5.91 Å². The van der Waals surface area contributed by atoms with Crippen molar-refractivity contribution < 1.29 is 27.4 Å². The molecule has 174 valence electrons. The van der Waals surface area contributed by atoms with Gasteiger partial charge in [0.25, 0.3) is 0 Å². The number of fused-ring (bicyclic) bond motifs is 1. The van der Waals surface area contributed by atoms with E-state index in [1.807, 2.05) is 17.2 Å².